The lowest BCUT2D eigenvalue weighted by Crippen LogP contribution is -2.35. The van der Waals surface area contributed by atoms with Gasteiger partial charge >= 0.3 is 5.97 Å². The molecule has 1 aromatic heterocycles. The lowest BCUT2D eigenvalue weighted by atomic mass is 9.99. The van der Waals surface area contributed by atoms with Gasteiger partial charge in [0, 0.05) is 50.1 Å². The Bertz CT molecular complexity index is 1030. The molecule has 0 amide bonds. The molecule has 0 bridgehead atoms. The van der Waals surface area contributed by atoms with Crippen molar-refractivity contribution in [3.63, 3.8) is 0 Å². The Morgan fingerprint density at radius 2 is 1.94 bits per heavy atom. The molecule has 1 N–H and O–H groups in total. The van der Waals surface area contributed by atoms with Crippen LogP contribution in [-0.2, 0) is 14.3 Å². The molecule has 2 rings (SSSR count). The Balaban J connectivity index is 2.63. The molecule has 0 saturated heterocycles. The van der Waals surface area contributed by atoms with Crippen molar-refractivity contribution < 1.29 is 19.0 Å². The zero-order valence-corrected chi connectivity index (χ0v) is 18.8. The monoisotopic (exact) mass is 427 g/mol. The summed E-state index contributed by atoms with van der Waals surface area (Å²) < 4.78 is 17.5. The third-order valence-corrected chi connectivity index (χ3v) is 4.59. The van der Waals surface area contributed by atoms with Gasteiger partial charge in [0.1, 0.15) is 17.4 Å². The molecule has 0 fully saturated rings. The van der Waals surface area contributed by atoms with Gasteiger partial charge in [0.05, 0.1) is 24.9 Å². The van der Waals surface area contributed by atoms with E-state index in [-0.39, 0.29) is 13.0 Å². The van der Waals surface area contributed by atoms with Gasteiger partial charge in [-0.05, 0) is 39.0 Å². The first kappa shape index (κ1) is 24.0. The fourth-order valence-corrected chi connectivity index (χ4v) is 3.14. The van der Waals surface area contributed by atoms with E-state index < -0.39 is 23.2 Å². The van der Waals surface area contributed by atoms with Gasteiger partial charge in [0.25, 0.3) is 5.56 Å². The molecule has 2 aromatic rings. The molecular weight excluding hydrogens is 398 g/mol. The number of nitrogens with one attached hydrogen (secondary N) is 1. The lowest BCUT2D eigenvalue weighted by molar-refractivity contribution is -0.159. The highest BCUT2D eigenvalue weighted by molar-refractivity contribution is 5.79. The number of pyridine rings is 1. The Hall–Kier alpha value is -3.31. The Morgan fingerprint density at radius 3 is 2.48 bits per heavy atom. The average molecular weight is 428 g/mol. The first-order chi connectivity index (χ1) is 14.6. The number of carbonyl (C=O) groups excluding carboxylic acids is 1. The lowest BCUT2D eigenvalue weighted by Gasteiger charge is -2.25. The number of carbonyl (C=O) groups is 1. The van der Waals surface area contributed by atoms with Crippen LogP contribution in [-0.4, -0.2) is 44.0 Å². The molecule has 31 heavy (non-hydrogen) atoms. The van der Waals surface area contributed by atoms with Crippen molar-refractivity contribution in [2.75, 3.05) is 33.2 Å². The normalized spacial score (nSPS) is 12.0. The number of nitriles is 1. The molecule has 0 aliphatic heterocycles. The van der Waals surface area contributed by atoms with E-state index in [4.69, 9.17) is 14.2 Å². The van der Waals surface area contributed by atoms with Crippen LogP contribution in [0.5, 0.6) is 5.75 Å². The molecule has 1 unspecified atom stereocenters. The number of nitrogens with zero attached hydrogens (tertiary/aromatic N) is 2. The minimum atomic E-state index is -0.881. The molecule has 1 heterocycles. The van der Waals surface area contributed by atoms with Crippen LogP contribution in [0.3, 0.4) is 0 Å². The Morgan fingerprint density at radius 1 is 1.23 bits per heavy atom. The van der Waals surface area contributed by atoms with Crippen LogP contribution in [0, 0.1) is 11.3 Å². The summed E-state index contributed by atoms with van der Waals surface area (Å²) in [5, 5.41) is 12.5. The zero-order valence-electron chi connectivity index (χ0n) is 18.8. The van der Waals surface area contributed by atoms with E-state index in [9.17, 15) is 14.9 Å². The van der Waals surface area contributed by atoms with Crippen molar-refractivity contribution in [2.45, 2.75) is 38.8 Å². The Kier molecular flexibility index (Phi) is 7.83. The summed E-state index contributed by atoms with van der Waals surface area (Å²) in [4.78, 5) is 25.9. The highest BCUT2D eigenvalue weighted by Gasteiger charge is 2.28. The quantitative estimate of drug-likeness (QED) is 0.645. The second-order valence-electron chi connectivity index (χ2n) is 7.95. The fraction of sp³-hybridized carbons (Fsp3) is 0.435. The van der Waals surface area contributed by atoms with E-state index in [0.29, 0.717) is 22.4 Å². The molecule has 1 atom stereocenters. The molecule has 8 heteroatoms. The van der Waals surface area contributed by atoms with E-state index in [2.05, 4.69) is 11.4 Å². The van der Waals surface area contributed by atoms with E-state index in [1.54, 1.807) is 46.0 Å². The third-order valence-electron chi connectivity index (χ3n) is 4.59. The molecule has 0 aliphatic carbocycles. The van der Waals surface area contributed by atoms with Crippen LogP contribution in [0.2, 0.25) is 0 Å². The second-order valence-corrected chi connectivity index (χ2v) is 7.95. The summed E-state index contributed by atoms with van der Waals surface area (Å²) in [5.74, 6) is -0.174. The number of rotatable bonds is 8. The van der Waals surface area contributed by atoms with Gasteiger partial charge in [-0.3, -0.25) is 9.36 Å². The molecule has 0 spiro atoms. The predicted molar refractivity (Wildman–Crippen MR) is 118 cm³/mol. The van der Waals surface area contributed by atoms with Crippen LogP contribution >= 0.6 is 0 Å². The van der Waals surface area contributed by atoms with E-state index in [1.807, 2.05) is 0 Å². The smallest absolute Gasteiger partial charge is 0.329 e. The highest BCUT2D eigenvalue weighted by atomic mass is 16.6. The number of benzene rings is 1. The summed E-state index contributed by atoms with van der Waals surface area (Å²) in [6.07, 6.45) is 1.74. The maximum atomic E-state index is 13.1. The van der Waals surface area contributed by atoms with Gasteiger partial charge in [0.15, 0.2) is 0 Å². The standard InChI is InChI=1S/C23H29N3O5/c1-23(2,3)31-22(28)19(9-10-29-5)26-14-20(30-6)18(12-21(26)27)17-11-16(25-4)8-7-15(17)13-24/h7-8,11-12,14,19,25H,9-10H2,1-6H3. The molecular formula is C23H29N3O5. The van der Waals surface area contributed by atoms with Crippen molar-refractivity contribution >= 4 is 11.7 Å². The third kappa shape index (κ3) is 5.86. The second kappa shape index (κ2) is 10.1. The molecule has 1 aromatic carbocycles. The van der Waals surface area contributed by atoms with E-state index >= 15 is 0 Å². The summed E-state index contributed by atoms with van der Waals surface area (Å²) in [6.45, 7) is 5.57. The van der Waals surface area contributed by atoms with Gasteiger partial charge in [-0.15, -0.1) is 0 Å². The number of ether oxygens (including phenoxy) is 3. The topological polar surface area (TPSA) is 103 Å². The van der Waals surface area contributed by atoms with Crippen LogP contribution in [0.25, 0.3) is 11.1 Å². The first-order valence-corrected chi connectivity index (χ1v) is 9.89. The number of aromatic nitrogens is 1. The largest absolute Gasteiger partial charge is 0.495 e. The molecule has 8 nitrogen and oxygen atoms in total. The SMILES string of the molecule is CNc1ccc(C#N)c(-c2cc(=O)n(C(CCOC)C(=O)OC(C)(C)C)cc2OC)c1. The minimum Gasteiger partial charge on any atom is -0.495 e. The van der Waals surface area contributed by atoms with Gasteiger partial charge in [-0.25, -0.2) is 4.79 Å². The van der Waals surface area contributed by atoms with Gasteiger partial charge in [-0.2, -0.15) is 5.26 Å². The van der Waals surface area contributed by atoms with Crippen LogP contribution in [0.15, 0.2) is 35.3 Å². The van der Waals surface area contributed by atoms with Crippen LogP contribution in [0.1, 0.15) is 38.8 Å². The number of methoxy groups -OCH3 is 2. The van der Waals surface area contributed by atoms with Crippen LogP contribution < -0.4 is 15.6 Å². The average Bonchev–Trinajstić information content (AvgIpc) is 2.72. The van der Waals surface area contributed by atoms with Crippen molar-refractivity contribution in [2.24, 2.45) is 0 Å². The molecule has 0 aliphatic rings. The fourth-order valence-electron chi connectivity index (χ4n) is 3.14. The predicted octanol–water partition coefficient (Wildman–Crippen LogP) is 3.36. The minimum absolute atomic E-state index is 0.256. The summed E-state index contributed by atoms with van der Waals surface area (Å²) in [6, 6.07) is 7.86. The van der Waals surface area contributed by atoms with E-state index in [0.717, 1.165) is 5.69 Å². The van der Waals surface area contributed by atoms with Crippen LogP contribution in [0.4, 0.5) is 5.69 Å². The summed E-state index contributed by atoms with van der Waals surface area (Å²) in [7, 11) is 4.76. The maximum absolute atomic E-state index is 13.1. The van der Waals surface area contributed by atoms with Crippen molar-refractivity contribution in [3.05, 3.63) is 46.4 Å². The maximum Gasteiger partial charge on any atom is 0.329 e. The summed E-state index contributed by atoms with van der Waals surface area (Å²) >= 11 is 0. The summed E-state index contributed by atoms with van der Waals surface area (Å²) in [5.41, 5.74) is 1.09. The van der Waals surface area contributed by atoms with Gasteiger partial charge in [0.2, 0.25) is 0 Å². The number of esters is 1. The van der Waals surface area contributed by atoms with Gasteiger partial charge < -0.3 is 19.5 Å². The van der Waals surface area contributed by atoms with Gasteiger partial charge in [-0.1, -0.05) is 0 Å². The van der Waals surface area contributed by atoms with E-state index in [1.165, 1.54) is 31.0 Å². The number of anilines is 1. The van der Waals surface area contributed by atoms with Crippen molar-refractivity contribution in [3.8, 4) is 22.9 Å². The number of hydrogen-bond donors (Lipinski definition) is 1. The van der Waals surface area contributed by atoms with Crippen molar-refractivity contribution in [1.29, 1.82) is 5.26 Å². The number of hydrogen-bond acceptors (Lipinski definition) is 7. The molecule has 0 radical (unpaired) electrons. The highest BCUT2D eigenvalue weighted by Crippen LogP contribution is 2.33. The molecule has 0 saturated carbocycles. The first-order valence-electron chi connectivity index (χ1n) is 9.89. The molecule has 166 valence electrons. The zero-order chi connectivity index (χ0) is 23.2. The Labute approximate surface area is 182 Å². The van der Waals surface area contributed by atoms with Crippen molar-refractivity contribution in [1.82, 2.24) is 4.57 Å².